The van der Waals surface area contributed by atoms with E-state index in [0.717, 1.165) is 36.5 Å². The van der Waals surface area contributed by atoms with Crippen molar-refractivity contribution in [1.29, 1.82) is 0 Å². The van der Waals surface area contributed by atoms with Crippen molar-refractivity contribution in [3.63, 3.8) is 0 Å². The largest absolute Gasteiger partial charge is 0.494 e. The van der Waals surface area contributed by atoms with Crippen molar-refractivity contribution in [2.45, 2.75) is 31.3 Å². The molecule has 0 bridgehead atoms. The number of ether oxygens (including phenoxy) is 1. The molecule has 1 atom stereocenters. The number of likely N-dealkylation sites (N-methyl/N-ethyl adjacent to an activating group) is 1. The molecule has 1 aromatic carbocycles. The number of pyridine rings is 1. The minimum atomic E-state index is -0.0428. The number of aromatic nitrogens is 3. The molecule has 3 aromatic rings. The molecule has 3 fully saturated rings. The van der Waals surface area contributed by atoms with Crippen molar-refractivity contribution in [3.8, 4) is 5.75 Å². The third kappa shape index (κ3) is 6.02. The smallest absolute Gasteiger partial charge is 0.250 e. The summed E-state index contributed by atoms with van der Waals surface area (Å²) in [5.41, 5.74) is 2.98. The lowest BCUT2D eigenvalue weighted by Crippen LogP contribution is -2.52. The highest BCUT2D eigenvalue weighted by atomic mass is 16.7. The van der Waals surface area contributed by atoms with Gasteiger partial charge in [-0.05, 0) is 43.7 Å². The number of hydrogen-bond acceptors (Lipinski definition) is 10. The van der Waals surface area contributed by atoms with E-state index in [9.17, 15) is 4.79 Å². The van der Waals surface area contributed by atoms with Crippen molar-refractivity contribution < 1.29 is 9.57 Å². The number of methoxy groups -OCH3 is 1. The Hall–Kier alpha value is -3.67. The molecule has 11 heteroatoms. The highest BCUT2D eigenvalue weighted by Gasteiger charge is 2.30. The van der Waals surface area contributed by atoms with Crippen LogP contribution in [0.3, 0.4) is 0 Å². The van der Waals surface area contributed by atoms with Crippen LogP contribution < -0.4 is 25.6 Å². The highest BCUT2D eigenvalue weighted by molar-refractivity contribution is 5.70. The summed E-state index contributed by atoms with van der Waals surface area (Å²) in [7, 11) is 5.67. The van der Waals surface area contributed by atoms with Gasteiger partial charge in [-0.3, -0.25) is 14.5 Å². The molecule has 0 radical (unpaired) electrons. The number of benzene rings is 1. The van der Waals surface area contributed by atoms with E-state index in [2.05, 4.69) is 55.2 Å². The van der Waals surface area contributed by atoms with Gasteiger partial charge in [-0.25, -0.2) is 15.0 Å². The van der Waals surface area contributed by atoms with Crippen LogP contribution in [0.5, 0.6) is 5.75 Å². The lowest BCUT2D eigenvalue weighted by molar-refractivity contribution is 0.0982. The standard InChI is InChI=1S/C30H40N8O3/c1-34-13-15-37(16-14-34)23-8-11-36(12-9-23)24-5-6-25(27(18-24)40-3)33-28-19-29(32-21-31-28)38-26(10-17-41-38)22-4-7-30(39)35(2)20-22/h4-7,18-21,23,26H,8-17H2,1-3H3,(H,31,32,33). The number of hydrogen-bond donors (Lipinski definition) is 1. The van der Waals surface area contributed by atoms with E-state index < -0.39 is 0 Å². The summed E-state index contributed by atoms with van der Waals surface area (Å²) in [5.74, 6) is 2.06. The molecule has 0 aliphatic carbocycles. The molecule has 0 amide bonds. The Morgan fingerprint density at radius 1 is 0.951 bits per heavy atom. The van der Waals surface area contributed by atoms with Gasteiger partial charge in [-0.2, -0.15) is 0 Å². The molecule has 2 aromatic heterocycles. The van der Waals surface area contributed by atoms with Crippen LogP contribution >= 0.6 is 0 Å². The molecule has 1 N–H and O–H groups in total. The average molecular weight is 561 g/mol. The first-order valence-electron chi connectivity index (χ1n) is 14.5. The third-order valence-corrected chi connectivity index (χ3v) is 8.61. The summed E-state index contributed by atoms with van der Waals surface area (Å²) in [6.07, 6.45) is 6.56. The maximum Gasteiger partial charge on any atom is 0.250 e. The quantitative estimate of drug-likeness (QED) is 0.465. The number of hydroxylamine groups is 1. The second-order valence-corrected chi connectivity index (χ2v) is 11.2. The number of nitrogens with zero attached hydrogens (tertiary/aromatic N) is 7. The number of piperazine rings is 1. The number of anilines is 4. The lowest BCUT2D eigenvalue weighted by atomic mass is 10.0. The van der Waals surface area contributed by atoms with Crippen molar-refractivity contribution >= 4 is 23.0 Å². The Bertz CT molecular complexity index is 1400. The molecule has 1 unspecified atom stereocenters. The van der Waals surface area contributed by atoms with Gasteiger partial charge in [0, 0.05) is 88.9 Å². The monoisotopic (exact) mass is 560 g/mol. The van der Waals surface area contributed by atoms with E-state index in [4.69, 9.17) is 9.57 Å². The minimum Gasteiger partial charge on any atom is -0.494 e. The molecular formula is C30H40N8O3. The average Bonchev–Trinajstić information content (AvgIpc) is 3.50. The van der Waals surface area contributed by atoms with Gasteiger partial charge in [0.15, 0.2) is 5.82 Å². The number of nitrogens with one attached hydrogen (secondary N) is 1. The fraction of sp³-hybridized carbons (Fsp3) is 0.500. The third-order valence-electron chi connectivity index (χ3n) is 8.61. The van der Waals surface area contributed by atoms with Gasteiger partial charge in [0.1, 0.15) is 17.9 Å². The first kappa shape index (κ1) is 27.5. The molecule has 0 spiro atoms. The second-order valence-electron chi connectivity index (χ2n) is 11.2. The van der Waals surface area contributed by atoms with Crippen molar-refractivity contribution in [3.05, 3.63) is 64.8 Å². The first-order chi connectivity index (χ1) is 20.0. The van der Waals surface area contributed by atoms with Gasteiger partial charge in [0.25, 0.3) is 0 Å². The Morgan fingerprint density at radius 2 is 1.76 bits per heavy atom. The SMILES string of the molecule is COc1cc(N2CCC(N3CCN(C)CC3)CC2)ccc1Nc1cc(N2OCCC2c2ccc(=O)n(C)c2)ncn1. The summed E-state index contributed by atoms with van der Waals surface area (Å²) in [6.45, 7) is 7.36. The van der Waals surface area contributed by atoms with Gasteiger partial charge >= 0.3 is 0 Å². The van der Waals surface area contributed by atoms with Gasteiger partial charge < -0.3 is 24.4 Å². The van der Waals surface area contributed by atoms with Gasteiger partial charge in [-0.1, -0.05) is 0 Å². The molecule has 0 saturated carbocycles. The molecule has 218 valence electrons. The Labute approximate surface area is 241 Å². The molecular weight excluding hydrogens is 520 g/mol. The number of piperidine rings is 1. The van der Waals surface area contributed by atoms with Gasteiger partial charge in [0.2, 0.25) is 5.56 Å². The van der Waals surface area contributed by atoms with Crippen molar-refractivity contribution in [2.24, 2.45) is 7.05 Å². The molecule has 3 saturated heterocycles. The van der Waals surface area contributed by atoms with E-state index >= 15 is 0 Å². The van der Waals surface area contributed by atoms with Crippen LogP contribution in [0.4, 0.5) is 23.0 Å². The summed E-state index contributed by atoms with van der Waals surface area (Å²) >= 11 is 0. The zero-order valence-corrected chi connectivity index (χ0v) is 24.2. The predicted molar refractivity (Wildman–Crippen MR) is 160 cm³/mol. The molecule has 6 rings (SSSR count). The Balaban J connectivity index is 1.13. The molecule has 11 nitrogen and oxygen atoms in total. The van der Waals surface area contributed by atoms with Gasteiger partial charge in [0.05, 0.1) is 25.4 Å². The normalized spacial score (nSPS) is 20.9. The zero-order chi connectivity index (χ0) is 28.3. The minimum absolute atomic E-state index is 0.0390. The maximum absolute atomic E-state index is 11.9. The van der Waals surface area contributed by atoms with E-state index in [1.54, 1.807) is 29.9 Å². The highest BCUT2D eigenvalue weighted by Crippen LogP contribution is 2.36. The summed E-state index contributed by atoms with van der Waals surface area (Å²) in [5, 5.41) is 5.21. The van der Waals surface area contributed by atoms with Crippen molar-refractivity contribution in [1.82, 2.24) is 24.3 Å². The first-order valence-corrected chi connectivity index (χ1v) is 14.5. The van der Waals surface area contributed by atoms with Crippen LogP contribution in [0.15, 0.2) is 53.7 Å². The summed E-state index contributed by atoms with van der Waals surface area (Å²) < 4.78 is 7.38. The number of rotatable bonds is 7. The second kappa shape index (κ2) is 12.1. The molecule has 5 heterocycles. The number of aryl methyl sites for hydroxylation is 1. The predicted octanol–water partition coefficient (Wildman–Crippen LogP) is 3.03. The molecule has 3 aliphatic rings. The molecule has 3 aliphatic heterocycles. The fourth-order valence-electron chi connectivity index (χ4n) is 6.14. The van der Waals surface area contributed by atoms with Crippen molar-refractivity contribution in [2.75, 3.05) is 75.3 Å². The van der Waals surface area contributed by atoms with Gasteiger partial charge in [-0.15, -0.1) is 0 Å². The van der Waals surface area contributed by atoms with Crippen LogP contribution in [0, 0.1) is 0 Å². The Morgan fingerprint density at radius 3 is 2.51 bits per heavy atom. The lowest BCUT2D eigenvalue weighted by Gasteiger charge is -2.42. The van der Waals surface area contributed by atoms with E-state index in [0.29, 0.717) is 24.3 Å². The van der Waals surface area contributed by atoms with E-state index in [-0.39, 0.29) is 11.6 Å². The van der Waals surface area contributed by atoms with Crippen LogP contribution in [0.1, 0.15) is 30.9 Å². The molecule has 41 heavy (non-hydrogen) atoms. The fourth-order valence-corrected chi connectivity index (χ4v) is 6.14. The topological polar surface area (TPSA) is 91.2 Å². The maximum atomic E-state index is 11.9. The summed E-state index contributed by atoms with van der Waals surface area (Å²) in [6, 6.07) is 12.3. The zero-order valence-electron chi connectivity index (χ0n) is 24.2. The van der Waals surface area contributed by atoms with E-state index in [1.807, 2.05) is 18.3 Å². The van der Waals surface area contributed by atoms with Crippen LogP contribution in [-0.4, -0.2) is 90.4 Å². The van der Waals surface area contributed by atoms with Crippen LogP contribution in [0.25, 0.3) is 0 Å². The Kier molecular flexibility index (Phi) is 8.09. The van der Waals surface area contributed by atoms with Crippen LogP contribution in [-0.2, 0) is 11.9 Å². The van der Waals surface area contributed by atoms with Crippen LogP contribution in [0.2, 0.25) is 0 Å². The van der Waals surface area contributed by atoms with E-state index in [1.165, 1.54) is 51.0 Å². The summed E-state index contributed by atoms with van der Waals surface area (Å²) in [4.78, 5) is 34.3.